The third-order valence-electron chi connectivity index (χ3n) is 5.59. The molecular formula is C25H30N2O9S. The van der Waals surface area contributed by atoms with Gasteiger partial charge >= 0.3 is 17.9 Å². The summed E-state index contributed by atoms with van der Waals surface area (Å²) in [5, 5.41) is 38.5. The summed E-state index contributed by atoms with van der Waals surface area (Å²) in [5.74, 6) is -5.12. The number of thiophene rings is 1. The number of aryl methyl sites for hydroxylation is 1. The number of carbonyl (C=O) groups excluding carboxylic acids is 2. The minimum Gasteiger partial charge on any atom is -0.481 e. The maximum absolute atomic E-state index is 12.1. The predicted molar refractivity (Wildman–Crippen MR) is 135 cm³/mol. The first-order valence-corrected chi connectivity index (χ1v) is 12.4. The summed E-state index contributed by atoms with van der Waals surface area (Å²) in [6.07, 6.45) is 0.958. The number of anilines is 1. The second-order valence-corrected chi connectivity index (χ2v) is 9.47. The molecule has 0 spiro atoms. The fraction of sp³-hybridized carbons (Fsp3) is 0.400. The van der Waals surface area contributed by atoms with Gasteiger partial charge in [-0.05, 0) is 43.9 Å². The number of Topliss-reactive ketones (excluding diaryl/α,β-unsaturated/α-hetero) is 1. The zero-order valence-electron chi connectivity index (χ0n) is 20.3. The van der Waals surface area contributed by atoms with Gasteiger partial charge in [0.1, 0.15) is 0 Å². The van der Waals surface area contributed by atoms with Gasteiger partial charge in [0.05, 0.1) is 23.3 Å². The number of carboxylic acids is 3. The van der Waals surface area contributed by atoms with E-state index in [-0.39, 0.29) is 11.7 Å². The molecule has 1 aromatic carbocycles. The van der Waals surface area contributed by atoms with E-state index in [1.165, 1.54) is 35.9 Å². The van der Waals surface area contributed by atoms with Crippen molar-refractivity contribution >= 4 is 46.6 Å². The molecule has 37 heavy (non-hydrogen) atoms. The normalized spacial score (nSPS) is 12.5. The average molecular weight is 535 g/mol. The number of aliphatic hydroxyl groups is 1. The topological polar surface area (TPSA) is 182 Å². The van der Waals surface area contributed by atoms with Gasteiger partial charge in [0.25, 0.3) is 5.91 Å². The Bertz CT molecular complexity index is 1130. The first kappa shape index (κ1) is 29.5. The first-order valence-electron chi connectivity index (χ1n) is 11.5. The molecule has 0 radical (unpaired) electrons. The number of benzene rings is 1. The number of amides is 1. The summed E-state index contributed by atoms with van der Waals surface area (Å²) in [4.78, 5) is 56.9. The SMILES string of the molecule is CC(=O)c1cc(C(=O)NCCCN2CCCc3ccccc32)cs1.O=C(O)CC(O)(CC(=O)O)C(=O)O. The molecule has 2 aromatic rings. The van der Waals surface area contributed by atoms with Crippen LogP contribution in [0.4, 0.5) is 5.69 Å². The van der Waals surface area contributed by atoms with Gasteiger partial charge in [-0.25, -0.2) is 4.79 Å². The van der Waals surface area contributed by atoms with Crippen LogP contribution in [0.15, 0.2) is 35.7 Å². The number of hydrogen-bond acceptors (Lipinski definition) is 8. The molecule has 11 nitrogen and oxygen atoms in total. The van der Waals surface area contributed by atoms with Crippen LogP contribution in [0.25, 0.3) is 0 Å². The Balaban J connectivity index is 0.000000317. The molecule has 0 unspecified atom stereocenters. The largest absolute Gasteiger partial charge is 0.481 e. The van der Waals surface area contributed by atoms with E-state index in [1.54, 1.807) is 11.4 Å². The molecular weight excluding hydrogens is 504 g/mol. The molecule has 1 amide bonds. The molecule has 3 rings (SSSR count). The van der Waals surface area contributed by atoms with Crippen LogP contribution in [0.1, 0.15) is 58.2 Å². The van der Waals surface area contributed by atoms with Crippen molar-refractivity contribution < 1.29 is 44.4 Å². The fourth-order valence-corrected chi connectivity index (χ4v) is 4.56. The van der Waals surface area contributed by atoms with Gasteiger partial charge < -0.3 is 30.6 Å². The smallest absolute Gasteiger partial charge is 0.336 e. The number of rotatable bonds is 11. The monoisotopic (exact) mass is 534 g/mol. The van der Waals surface area contributed by atoms with E-state index in [4.69, 9.17) is 20.4 Å². The van der Waals surface area contributed by atoms with Crippen LogP contribution >= 0.6 is 11.3 Å². The molecule has 0 aliphatic carbocycles. The van der Waals surface area contributed by atoms with Gasteiger partial charge in [0.15, 0.2) is 11.4 Å². The molecule has 0 atom stereocenters. The summed E-state index contributed by atoms with van der Waals surface area (Å²) in [6, 6.07) is 10.2. The quantitative estimate of drug-likeness (QED) is 0.212. The number of hydrogen-bond donors (Lipinski definition) is 5. The highest BCUT2D eigenvalue weighted by Crippen LogP contribution is 2.26. The average Bonchev–Trinajstić information content (AvgIpc) is 3.32. The molecule has 0 fully saturated rings. The molecule has 1 aromatic heterocycles. The Kier molecular flexibility index (Phi) is 10.8. The fourth-order valence-electron chi connectivity index (χ4n) is 3.77. The number of nitrogens with zero attached hydrogens (tertiary/aromatic N) is 1. The molecule has 12 heteroatoms. The molecule has 200 valence electrons. The maximum Gasteiger partial charge on any atom is 0.336 e. The van der Waals surface area contributed by atoms with Crippen LogP contribution < -0.4 is 10.2 Å². The van der Waals surface area contributed by atoms with Gasteiger partial charge in [-0.15, -0.1) is 11.3 Å². The summed E-state index contributed by atoms with van der Waals surface area (Å²) in [7, 11) is 0. The molecule has 1 aliphatic heterocycles. The molecule has 5 N–H and O–H groups in total. The number of carboxylic acid groups (broad SMARTS) is 3. The highest BCUT2D eigenvalue weighted by molar-refractivity contribution is 7.12. The van der Waals surface area contributed by atoms with E-state index in [2.05, 4.69) is 34.5 Å². The third kappa shape index (κ3) is 8.99. The van der Waals surface area contributed by atoms with Crippen molar-refractivity contribution in [3.63, 3.8) is 0 Å². The van der Waals surface area contributed by atoms with Crippen molar-refractivity contribution in [2.45, 2.75) is 44.6 Å². The molecule has 0 saturated carbocycles. The van der Waals surface area contributed by atoms with Crippen molar-refractivity contribution in [3.05, 3.63) is 51.7 Å². The van der Waals surface area contributed by atoms with Crippen molar-refractivity contribution in [2.24, 2.45) is 0 Å². The third-order valence-corrected chi connectivity index (χ3v) is 6.62. The summed E-state index contributed by atoms with van der Waals surface area (Å²) in [5.41, 5.74) is 0.591. The molecule has 0 bridgehead atoms. The number of para-hydroxylation sites is 1. The second-order valence-electron chi connectivity index (χ2n) is 8.56. The minimum atomic E-state index is -2.74. The van der Waals surface area contributed by atoms with Gasteiger partial charge in [-0.1, -0.05) is 18.2 Å². The lowest BCUT2D eigenvalue weighted by molar-refractivity contribution is -0.170. The van der Waals surface area contributed by atoms with Crippen LogP contribution in [0.2, 0.25) is 0 Å². The highest BCUT2D eigenvalue weighted by Gasteiger charge is 2.40. The van der Waals surface area contributed by atoms with Gasteiger partial charge in [0, 0.05) is 30.7 Å². The van der Waals surface area contributed by atoms with Crippen LogP contribution in [0.3, 0.4) is 0 Å². The van der Waals surface area contributed by atoms with Crippen molar-refractivity contribution in [1.29, 1.82) is 0 Å². The number of ketones is 1. The standard InChI is InChI=1S/C19H22N2O2S.C6H8O7/c1-14(22)18-12-16(13-24-18)19(23)20-9-5-11-21-10-4-7-15-6-2-3-8-17(15)21;7-3(8)1-6(13,5(11)12)2-4(9)10/h2-3,6,8,12-13H,4-5,7,9-11H2,1H3,(H,20,23);13H,1-2H2,(H,7,8)(H,9,10)(H,11,12). The Hall–Kier alpha value is -3.77. The molecule has 2 heterocycles. The van der Waals surface area contributed by atoms with Crippen molar-refractivity contribution in [2.75, 3.05) is 24.5 Å². The summed E-state index contributed by atoms with van der Waals surface area (Å²) in [6.45, 7) is 4.18. The Morgan fingerprint density at radius 2 is 1.70 bits per heavy atom. The highest BCUT2D eigenvalue weighted by atomic mass is 32.1. The molecule has 0 saturated heterocycles. The van der Waals surface area contributed by atoms with Crippen molar-refractivity contribution in [3.8, 4) is 0 Å². The van der Waals surface area contributed by atoms with Gasteiger partial charge in [0.2, 0.25) is 0 Å². The van der Waals surface area contributed by atoms with Crippen LogP contribution in [-0.2, 0) is 20.8 Å². The van der Waals surface area contributed by atoms with Crippen LogP contribution in [0.5, 0.6) is 0 Å². The number of carbonyl (C=O) groups is 5. The Morgan fingerprint density at radius 3 is 2.27 bits per heavy atom. The number of nitrogens with one attached hydrogen (secondary N) is 1. The van der Waals surface area contributed by atoms with E-state index in [1.807, 2.05) is 0 Å². The van der Waals surface area contributed by atoms with Crippen LogP contribution in [-0.4, -0.2) is 75.3 Å². The lowest BCUT2D eigenvalue weighted by Crippen LogP contribution is -2.42. The maximum atomic E-state index is 12.1. The second kappa shape index (κ2) is 13.5. The van der Waals surface area contributed by atoms with E-state index >= 15 is 0 Å². The van der Waals surface area contributed by atoms with E-state index < -0.39 is 36.4 Å². The lowest BCUT2D eigenvalue weighted by atomic mass is 9.96. The summed E-state index contributed by atoms with van der Waals surface area (Å²) < 4.78 is 0. The van der Waals surface area contributed by atoms with Gasteiger partial charge in [-0.2, -0.15) is 0 Å². The van der Waals surface area contributed by atoms with Crippen LogP contribution in [0, 0.1) is 0 Å². The van der Waals surface area contributed by atoms with E-state index in [9.17, 15) is 24.0 Å². The summed E-state index contributed by atoms with van der Waals surface area (Å²) >= 11 is 1.32. The zero-order valence-corrected chi connectivity index (χ0v) is 21.1. The zero-order chi connectivity index (χ0) is 27.6. The minimum absolute atomic E-state index is 0.00261. The Morgan fingerprint density at radius 1 is 1.05 bits per heavy atom. The van der Waals surface area contributed by atoms with Gasteiger partial charge in [-0.3, -0.25) is 19.2 Å². The van der Waals surface area contributed by atoms with Crippen molar-refractivity contribution in [1.82, 2.24) is 5.32 Å². The number of aliphatic carboxylic acids is 3. The first-order chi connectivity index (χ1) is 17.4. The lowest BCUT2D eigenvalue weighted by Gasteiger charge is -2.31. The Labute approximate surface area is 217 Å². The van der Waals surface area contributed by atoms with E-state index in [0.717, 1.165) is 25.9 Å². The number of fused-ring (bicyclic) bond motifs is 1. The molecule has 1 aliphatic rings. The predicted octanol–water partition coefficient (Wildman–Crippen LogP) is 2.27. The van der Waals surface area contributed by atoms with E-state index in [0.29, 0.717) is 17.0 Å².